The van der Waals surface area contributed by atoms with Crippen LogP contribution in [0, 0.1) is 0 Å². The first kappa shape index (κ1) is 11.7. The van der Waals surface area contributed by atoms with E-state index in [0.29, 0.717) is 18.4 Å². The van der Waals surface area contributed by atoms with Crippen molar-refractivity contribution in [1.29, 1.82) is 0 Å². The van der Waals surface area contributed by atoms with Gasteiger partial charge in [0.2, 0.25) is 9.05 Å². The number of rotatable bonds is 2. The zero-order valence-corrected chi connectivity index (χ0v) is 9.92. The van der Waals surface area contributed by atoms with Gasteiger partial charge < -0.3 is 10.2 Å². The van der Waals surface area contributed by atoms with Gasteiger partial charge in [0.15, 0.2) is 0 Å². The van der Waals surface area contributed by atoms with Crippen molar-refractivity contribution >= 4 is 19.7 Å². The Morgan fingerprint density at radius 1 is 1.44 bits per heavy atom. The molecular formula is C10H11ClO4S. The summed E-state index contributed by atoms with van der Waals surface area (Å²) in [5, 5.41) is 19.5. The Hall–Kier alpha value is -0.780. The van der Waals surface area contributed by atoms with Crippen molar-refractivity contribution in [3.8, 4) is 5.75 Å². The number of hydrogen-bond donors (Lipinski definition) is 2. The van der Waals surface area contributed by atoms with Crippen LogP contribution in [0.15, 0.2) is 18.2 Å². The van der Waals surface area contributed by atoms with Crippen molar-refractivity contribution in [3.63, 3.8) is 0 Å². The molecule has 0 spiro atoms. The topological polar surface area (TPSA) is 74.6 Å². The maximum Gasteiger partial charge on any atom is 0.235 e. The Labute approximate surface area is 97.9 Å². The maximum absolute atomic E-state index is 11.0. The summed E-state index contributed by atoms with van der Waals surface area (Å²) in [6, 6.07) is 4.50. The molecule has 1 aromatic rings. The lowest BCUT2D eigenvalue weighted by Gasteiger charge is -2.22. The molecule has 0 saturated carbocycles. The molecule has 0 amide bonds. The molecule has 88 valence electrons. The van der Waals surface area contributed by atoms with E-state index >= 15 is 0 Å². The Balaban J connectivity index is 2.43. The summed E-state index contributed by atoms with van der Waals surface area (Å²) in [5.41, 5.74) is -0.124. The second kappa shape index (κ2) is 3.61. The molecule has 4 nitrogen and oxygen atoms in total. The Morgan fingerprint density at radius 3 is 2.75 bits per heavy atom. The predicted molar refractivity (Wildman–Crippen MR) is 60.0 cm³/mol. The lowest BCUT2D eigenvalue weighted by molar-refractivity contribution is 0.0633. The zero-order valence-electron chi connectivity index (χ0n) is 8.35. The zero-order chi connectivity index (χ0) is 12.0. The molecule has 0 aliphatic heterocycles. The minimum atomic E-state index is -3.76. The van der Waals surface area contributed by atoms with Gasteiger partial charge in [0, 0.05) is 10.7 Å². The van der Waals surface area contributed by atoms with Crippen LogP contribution in [-0.4, -0.2) is 24.4 Å². The van der Waals surface area contributed by atoms with Crippen LogP contribution in [0.1, 0.15) is 17.5 Å². The van der Waals surface area contributed by atoms with Crippen molar-refractivity contribution < 1.29 is 18.6 Å². The van der Waals surface area contributed by atoms with Gasteiger partial charge in [-0.2, -0.15) is 0 Å². The van der Waals surface area contributed by atoms with Gasteiger partial charge in [0.25, 0.3) is 0 Å². The fourth-order valence-electron chi connectivity index (χ4n) is 2.15. The highest BCUT2D eigenvalue weighted by atomic mass is 35.7. The minimum Gasteiger partial charge on any atom is -0.508 e. The standard InChI is InChI=1S/C10H11ClO4S/c11-16(14,15)6-10(13)4-3-7-5-8(12)1-2-9(7)10/h1-2,5,12-13H,3-4,6H2. The molecule has 6 heteroatoms. The van der Waals surface area contributed by atoms with E-state index in [1.807, 2.05) is 0 Å². The fraction of sp³-hybridized carbons (Fsp3) is 0.400. The number of aromatic hydroxyl groups is 1. The van der Waals surface area contributed by atoms with Crippen LogP contribution in [0.2, 0.25) is 0 Å². The van der Waals surface area contributed by atoms with Gasteiger partial charge in [0.05, 0.1) is 5.75 Å². The molecule has 1 atom stereocenters. The van der Waals surface area contributed by atoms with Crippen LogP contribution in [0.4, 0.5) is 0 Å². The highest BCUT2D eigenvalue weighted by Crippen LogP contribution is 2.39. The van der Waals surface area contributed by atoms with Crippen LogP contribution in [0.25, 0.3) is 0 Å². The van der Waals surface area contributed by atoms with Crippen molar-refractivity contribution in [1.82, 2.24) is 0 Å². The first-order valence-corrected chi connectivity index (χ1v) is 7.25. The molecule has 1 aliphatic carbocycles. The lowest BCUT2D eigenvalue weighted by atomic mass is 9.98. The summed E-state index contributed by atoms with van der Waals surface area (Å²) in [6.45, 7) is 0. The van der Waals surface area contributed by atoms with Crippen LogP contribution in [0.3, 0.4) is 0 Å². The highest BCUT2D eigenvalue weighted by molar-refractivity contribution is 8.13. The third kappa shape index (κ3) is 2.16. The first-order valence-electron chi connectivity index (χ1n) is 4.77. The summed E-state index contributed by atoms with van der Waals surface area (Å²) >= 11 is 0. The van der Waals surface area contributed by atoms with Crippen molar-refractivity contribution in [2.45, 2.75) is 18.4 Å². The van der Waals surface area contributed by atoms with Gasteiger partial charge in [-0.25, -0.2) is 8.42 Å². The van der Waals surface area contributed by atoms with Crippen LogP contribution >= 0.6 is 10.7 Å². The highest BCUT2D eigenvalue weighted by Gasteiger charge is 2.40. The van der Waals surface area contributed by atoms with E-state index in [1.54, 1.807) is 6.07 Å². The van der Waals surface area contributed by atoms with Gasteiger partial charge in [-0.3, -0.25) is 0 Å². The van der Waals surface area contributed by atoms with Gasteiger partial charge in [-0.05, 0) is 36.1 Å². The number of aliphatic hydroxyl groups is 1. The summed E-state index contributed by atoms with van der Waals surface area (Å²) in [6.07, 6.45) is 0.838. The molecule has 2 N–H and O–H groups in total. The molecule has 0 fully saturated rings. The van der Waals surface area contributed by atoms with Gasteiger partial charge in [-0.15, -0.1) is 0 Å². The molecule has 0 bridgehead atoms. The Bertz CT molecular complexity index is 526. The number of hydrogen-bond acceptors (Lipinski definition) is 4. The summed E-state index contributed by atoms with van der Waals surface area (Å²) in [5.74, 6) is -0.393. The molecular weight excluding hydrogens is 252 g/mol. The number of benzene rings is 1. The molecule has 0 heterocycles. The Kier molecular flexibility index (Phi) is 2.64. The molecule has 1 aliphatic rings. The van der Waals surface area contributed by atoms with Crippen LogP contribution in [0.5, 0.6) is 5.75 Å². The number of phenols is 1. The second-order valence-corrected chi connectivity index (χ2v) is 6.83. The number of aryl methyl sites for hydroxylation is 1. The van der Waals surface area contributed by atoms with Crippen molar-refractivity contribution in [3.05, 3.63) is 29.3 Å². The van der Waals surface area contributed by atoms with Gasteiger partial charge in [-0.1, -0.05) is 6.07 Å². The quantitative estimate of drug-likeness (QED) is 0.783. The van der Waals surface area contributed by atoms with Gasteiger partial charge >= 0.3 is 0 Å². The predicted octanol–water partition coefficient (Wildman–Crippen LogP) is 1.09. The average molecular weight is 263 g/mol. The van der Waals surface area contributed by atoms with Gasteiger partial charge in [0.1, 0.15) is 11.4 Å². The largest absolute Gasteiger partial charge is 0.508 e. The van der Waals surface area contributed by atoms with Crippen LogP contribution in [-0.2, 0) is 21.1 Å². The van der Waals surface area contributed by atoms with Crippen molar-refractivity contribution in [2.24, 2.45) is 0 Å². The number of halogens is 1. The van der Waals surface area contributed by atoms with E-state index in [2.05, 4.69) is 0 Å². The van der Waals surface area contributed by atoms with Crippen LogP contribution < -0.4 is 0 Å². The number of fused-ring (bicyclic) bond motifs is 1. The third-order valence-electron chi connectivity index (χ3n) is 2.81. The molecule has 1 unspecified atom stereocenters. The van der Waals surface area contributed by atoms with E-state index in [4.69, 9.17) is 10.7 Å². The summed E-state index contributed by atoms with van der Waals surface area (Å²) < 4.78 is 22.1. The van der Waals surface area contributed by atoms with E-state index < -0.39 is 20.4 Å². The lowest BCUT2D eigenvalue weighted by Crippen LogP contribution is -2.30. The smallest absolute Gasteiger partial charge is 0.235 e. The summed E-state index contributed by atoms with van der Waals surface area (Å²) in [7, 11) is 1.40. The molecule has 0 radical (unpaired) electrons. The fourth-order valence-corrected chi connectivity index (χ4v) is 3.56. The normalized spacial score (nSPS) is 24.4. The van der Waals surface area contributed by atoms with E-state index in [0.717, 1.165) is 5.56 Å². The molecule has 2 rings (SSSR count). The van der Waals surface area contributed by atoms with E-state index in [-0.39, 0.29) is 5.75 Å². The first-order chi connectivity index (χ1) is 7.30. The van der Waals surface area contributed by atoms with E-state index in [9.17, 15) is 18.6 Å². The summed E-state index contributed by atoms with van der Waals surface area (Å²) in [4.78, 5) is 0. The average Bonchev–Trinajstić information content (AvgIpc) is 2.40. The molecule has 1 aromatic carbocycles. The van der Waals surface area contributed by atoms with E-state index in [1.165, 1.54) is 12.1 Å². The third-order valence-corrected chi connectivity index (χ3v) is 3.96. The molecule has 0 saturated heterocycles. The molecule has 0 aromatic heterocycles. The minimum absolute atomic E-state index is 0.108. The van der Waals surface area contributed by atoms with Crippen molar-refractivity contribution in [2.75, 3.05) is 5.75 Å². The second-order valence-electron chi connectivity index (χ2n) is 4.06. The SMILES string of the molecule is O=S(=O)(Cl)CC1(O)CCc2cc(O)ccc21. The maximum atomic E-state index is 11.0. The molecule has 16 heavy (non-hydrogen) atoms. The monoisotopic (exact) mass is 262 g/mol. The number of phenolic OH excluding ortho intramolecular Hbond substituents is 1. The Morgan fingerprint density at radius 2 is 2.12 bits per heavy atom.